The number of fused-ring (bicyclic) bond motifs is 2. The van der Waals surface area contributed by atoms with Gasteiger partial charge < -0.3 is 4.90 Å². The molecular formula is C15H14INS. The zero-order valence-corrected chi connectivity index (χ0v) is 13.0. The standard InChI is InChI=1S/C15H13NS.HI/c1-2-11-16-12-7-3-5-9-14(12)17-15-10-6-4-8-13(15)16;/h2-10H,1,11H2;1H. The summed E-state index contributed by atoms with van der Waals surface area (Å²) < 4.78 is 0. The lowest BCUT2D eigenvalue weighted by Crippen LogP contribution is -2.20. The number of nitrogens with zero attached hydrogens (tertiary/aromatic N) is 1. The molecule has 0 saturated carbocycles. The van der Waals surface area contributed by atoms with Gasteiger partial charge in [-0.3, -0.25) is 0 Å². The Hall–Kier alpha value is -0.940. The summed E-state index contributed by atoms with van der Waals surface area (Å²) in [6.07, 6.45) is 1.95. The van der Waals surface area contributed by atoms with Gasteiger partial charge in [-0.1, -0.05) is 42.1 Å². The van der Waals surface area contributed by atoms with Crippen LogP contribution in [0.1, 0.15) is 0 Å². The Morgan fingerprint density at radius 3 is 1.94 bits per heavy atom. The Morgan fingerprint density at radius 1 is 0.944 bits per heavy atom. The minimum atomic E-state index is 0. The van der Waals surface area contributed by atoms with Crippen LogP contribution in [0, 0.1) is 0 Å². The van der Waals surface area contributed by atoms with Gasteiger partial charge in [0.15, 0.2) is 0 Å². The fraction of sp³-hybridized carbons (Fsp3) is 0.0667. The first-order valence-electron chi connectivity index (χ1n) is 5.64. The van der Waals surface area contributed by atoms with Crippen LogP contribution in [0.3, 0.4) is 0 Å². The van der Waals surface area contributed by atoms with E-state index in [1.165, 1.54) is 21.2 Å². The van der Waals surface area contributed by atoms with Crippen molar-refractivity contribution in [2.75, 3.05) is 11.4 Å². The smallest absolute Gasteiger partial charge is 0.0555 e. The summed E-state index contributed by atoms with van der Waals surface area (Å²) in [4.78, 5) is 4.94. The van der Waals surface area contributed by atoms with Crippen molar-refractivity contribution in [1.29, 1.82) is 0 Å². The van der Waals surface area contributed by atoms with Gasteiger partial charge in [-0.05, 0) is 24.3 Å². The fourth-order valence-electron chi connectivity index (χ4n) is 2.11. The van der Waals surface area contributed by atoms with E-state index in [1.807, 2.05) is 17.8 Å². The van der Waals surface area contributed by atoms with E-state index in [0.29, 0.717) is 0 Å². The molecule has 0 N–H and O–H groups in total. The summed E-state index contributed by atoms with van der Waals surface area (Å²) in [6.45, 7) is 4.69. The second-order valence-corrected chi connectivity index (χ2v) is 5.02. The molecule has 18 heavy (non-hydrogen) atoms. The summed E-state index contributed by atoms with van der Waals surface area (Å²) in [5.74, 6) is 0. The normalized spacial score (nSPS) is 12.1. The van der Waals surface area contributed by atoms with E-state index in [-0.39, 0.29) is 24.0 Å². The summed E-state index contributed by atoms with van der Waals surface area (Å²) >= 11 is 1.84. The third-order valence-corrected chi connectivity index (χ3v) is 3.97. The van der Waals surface area contributed by atoms with Gasteiger partial charge in [-0.2, -0.15) is 0 Å². The molecule has 3 rings (SSSR count). The van der Waals surface area contributed by atoms with Crippen molar-refractivity contribution >= 4 is 47.1 Å². The van der Waals surface area contributed by atoms with Crippen LogP contribution >= 0.6 is 35.7 Å². The van der Waals surface area contributed by atoms with Gasteiger partial charge in [0, 0.05) is 16.3 Å². The summed E-state index contributed by atoms with van der Waals surface area (Å²) in [6, 6.07) is 17.0. The first kappa shape index (κ1) is 13.5. The number of hydrogen-bond donors (Lipinski definition) is 0. The quantitative estimate of drug-likeness (QED) is 0.537. The third-order valence-electron chi connectivity index (χ3n) is 2.84. The van der Waals surface area contributed by atoms with Crippen molar-refractivity contribution in [3.8, 4) is 0 Å². The largest absolute Gasteiger partial charge is 0.336 e. The van der Waals surface area contributed by atoms with E-state index in [0.717, 1.165) is 6.54 Å². The molecule has 1 aliphatic heterocycles. The molecule has 0 aliphatic carbocycles. The molecule has 0 bridgehead atoms. The first-order chi connectivity index (χ1) is 8.40. The van der Waals surface area contributed by atoms with E-state index in [1.54, 1.807) is 0 Å². The summed E-state index contributed by atoms with van der Waals surface area (Å²) in [7, 11) is 0. The van der Waals surface area contributed by atoms with Crippen molar-refractivity contribution in [2.45, 2.75) is 9.79 Å². The van der Waals surface area contributed by atoms with Gasteiger partial charge in [-0.15, -0.1) is 30.6 Å². The Labute approximate surface area is 129 Å². The van der Waals surface area contributed by atoms with Crippen molar-refractivity contribution in [1.82, 2.24) is 0 Å². The molecule has 1 aliphatic rings. The monoisotopic (exact) mass is 367 g/mol. The Bertz CT molecular complexity index is 522. The van der Waals surface area contributed by atoms with E-state index in [9.17, 15) is 0 Å². The van der Waals surface area contributed by atoms with Crippen LogP contribution in [0.5, 0.6) is 0 Å². The van der Waals surface area contributed by atoms with Gasteiger partial charge in [0.25, 0.3) is 0 Å². The number of halogens is 1. The molecule has 0 saturated heterocycles. The number of hydrogen-bond acceptors (Lipinski definition) is 2. The topological polar surface area (TPSA) is 3.24 Å². The van der Waals surface area contributed by atoms with Crippen LogP contribution in [0.2, 0.25) is 0 Å². The van der Waals surface area contributed by atoms with Crippen molar-refractivity contribution in [3.05, 3.63) is 61.2 Å². The molecule has 0 spiro atoms. The highest BCUT2D eigenvalue weighted by molar-refractivity contribution is 14.0. The minimum Gasteiger partial charge on any atom is -0.336 e. The van der Waals surface area contributed by atoms with Gasteiger partial charge >= 0.3 is 0 Å². The van der Waals surface area contributed by atoms with E-state index in [4.69, 9.17) is 0 Å². The van der Waals surface area contributed by atoms with Gasteiger partial charge in [-0.25, -0.2) is 0 Å². The van der Waals surface area contributed by atoms with Crippen LogP contribution in [0.15, 0.2) is 71.0 Å². The van der Waals surface area contributed by atoms with Crippen LogP contribution in [-0.4, -0.2) is 6.54 Å². The molecule has 0 radical (unpaired) electrons. The van der Waals surface area contributed by atoms with Gasteiger partial charge in [0.2, 0.25) is 0 Å². The zero-order chi connectivity index (χ0) is 11.7. The lowest BCUT2D eigenvalue weighted by atomic mass is 10.2. The molecule has 0 fully saturated rings. The molecule has 92 valence electrons. The predicted octanol–water partition coefficient (Wildman–Crippen LogP) is 5.09. The van der Waals surface area contributed by atoms with E-state index >= 15 is 0 Å². The second-order valence-electron chi connectivity index (χ2n) is 3.94. The zero-order valence-electron chi connectivity index (χ0n) is 9.87. The molecule has 2 aromatic carbocycles. The van der Waals surface area contributed by atoms with Crippen LogP contribution in [-0.2, 0) is 0 Å². The highest BCUT2D eigenvalue weighted by atomic mass is 127. The predicted molar refractivity (Wildman–Crippen MR) is 89.6 cm³/mol. The van der Waals surface area contributed by atoms with Crippen molar-refractivity contribution < 1.29 is 0 Å². The molecule has 3 heteroatoms. The lowest BCUT2D eigenvalue weighted by molar-refractivity contribution is 1.04. The number of para-hydroxylation sites is 2. The number of benzene rings is 2. The van der Waals surface area contributed by atoms with Gasteiger partial charge in [0.05, 0.1) is 11.4 Å². The fourth-order valence-corrected chi connectivity index (χ4v) is 3.20. The van der Waals surface area contributed by atoms with Crippen LogP contribution < -0.4 is 4.90 Å². The molecule has 0 atom stereocenters. The molecule has 0 amide bonds. The molecule has 0 unspecified atom stereocenters. The van der Waals surface area contributed by atoms with Crippen molar-refractivity contribution in [2.24, 2.45) is 0 Å². The minimum absolute atomic E-state index is 0. The average molecular weight is 367 g/mol. The first-order valence-corrected chi connectivity index (χ1v) is 6.46. The number of rotatable bonds is 2. The number of anilines is 2. The SMILES string of the molecule is C=CCN1c2ccccc2Sc2ccccc21.I. The van der Waals surface area contributed by atoms with Crippen LogP contribution in [0.4, 0.5) is 11.4 Å². The highest BCUT2D eigenvalue weighted by Gasteiger charge is 2.21. The second kappa shape index (κ2) is 5.80. The van der Waals surface area contributed by atoms with Crippen molar-refractivity contribution in [3.63, 3.8) is 0 Å². The summed E-state index contributed by atoms with van der Waals surface area (Å²) in [5.41, 5.74) is 2.55. The highest BCUT2D eigenvalue weighted by Crippen LogP contribution is 2.47. The van der Waals surface area contributed by atoms with E-state index in [2.05, 4.69) is 60.0 Å². The molecular weight excluding hydrogens is 353 g/mol. The Morgan fingerprint density at radius 2 is 1.44 bits per heavy atom. The summed E-state index contributed by atoms with van der Waals surface area (Å²) in [5, 5.41) is 0. The molecule has 0 aromatic heterocycles. The lowest BCUT2D eigenvalue weighted by Gasteiger charge is -2.31. The third kappa shape index (κ3) is 2.29. The van der Waals surface area contributed by atoms with E-state index < -0.39 is 0 Å². The maximum Gasteiger partial charge on any atom is 0.0555 e. The Kier molecular flexibility index (Phi) is 4.35. The van der Waals surface area contributed by atoms with Crippen LogP contribution in [0.25, 0.3) is 0 Å². The molecule has 1 nitrogen and oxygen atoms in total. The Balaban J connectivity index is 0.00000120. The maximum absolute atomic E-state index is 3.85. The maximum atomic E-state index is 3.85. The average Bonchev–Trinajstić information content (AvgIpc) is 2.39. The van der Waals surface area contributed by atoms with Gasteiger partial charge in [0.1, 0.15) is 0 Å². The molecule has 2 aromatic rings. The molecule has 1 heterocycles.